The van der Waals surface area contributed by atoms with E-state index in [-0.39, 0.29) is 17.5 Å². The highest BCUT2D eigenvalue weighted by Crippen LogP contribution is 2.14. The zero-order valence-corrected chi connectivity index (χ0v) is 11.4. The van der Waals surface area contributed by atoms with Gasteiger partial charge in [0, 0.05) is 25.5 Å². The monoisotopic (exact) mass is 295 g/mol. The lowest BCUT2D eigenvalue weighted by atomic mass is 10.5. The van der Waals surface area contributed by atoms with Crippen LogP contribution in [0.1, 0.15) is 0 Å². The molecule has 20 heavy (non-hydrogen) atoms. The second-order valence-corrected chi connectivity index (χ2v) is 6.71. The number of rotatable bonds is 2. The number of hydrogen-bond donors (Lipinski definition) is 1. The molecule has 0 aliphatic carbocycles. The lowest BCUT2D eigenvalue weighted by molar-refractivity contribution is 0.585. The second kappa shape index (κ2) is 4.71. The summed E-state index contributed by atoms with van der Waals surface area (Å²) in [6, 6.07) is 0. The van der Waals surface area contributed by atoms with Gasteiger partial charge in [0.1, 0.15) is 6.33 Å². The Kier molecular flexibility index (Phi) is 3.01. The van der Waals surface area contributed by atoms with Crippen molar-refractivity contribution in [3.8, 4) is 5.95 Å². The number of nitrogens with two attached hydrogens (primary N) is 1. The Labute approximate surface area is 115 Å². The maximum Gasteiger partial charge on any atom is 0.241 e. The Balaban J connectivity index is 1.91. The largest absolute Gasteiger partial charge is 0.368 e. The number of hydrogen-bond acceptors (Lipinski definition) is 8. The minimum absolute atomic E-state index is 0.0899. The molecule has 0 aromatic carbocycles. The first-order chi connectivity index (χ1) is 9.53. The second-order valence-electron chi connectivity index (χ2n) is 4.40. The third kappa shape index (κ3) is 2.54. The van der Waals surface area contributed by atoms with Crippen LogP contribution in [0.2, 0.25) is 0 Å². The quantitative estimate of drug-likeness (QED) is 0.739. The van der Waals surface area contributed by atoms with E-state index in [9.17, 15) is 8.42 Å². The molecule has 0 saturated carbocycles. The third-order valence-corrected chi connectivity index (χ3v) is 4.60. The molecule has 106 valence electrons. The number of nitrogens with zero attached hydrogens (tertiary/aromatic N) is 6. The van der Waals surface area contributed by atoms with E-state index < -0.39 is 9.84 Å². The average Bonchev–Trinajstić information content (AvgIpc) is 2.91. The first-order valence-electron chi connectivity index (χ1n) is 5.99. The van der Waals surface area contributed by atoms with Crippen LogP contribution in [0.25, 0.3) is 5.95 Å². The molecule has 0 spiro atoms. The molecular weight excluding hydrogens is 282 g/mol. The number of aromatic nitrogens is 5. The van der Waals surface area contributed by atoms with Crippen molar-refractivity contribution in [1.82, 2.24) is 24.5 Å². The molecule has 10 heteroatoms. The molecule has 0 unspecified atom stereocenters. The van der Waals surface area contributed by atoms with Crippen molar-refractivity contribution in [2.24, 2.45) is 0 Å². The molecule has 2 N–H and O–H groups in total. The maximum absolute atomic E-state index is 11.4. The summed E-state index contributed by atoms with van der Waals surface area (Å²) in [5.41, 5.74) is 5.68. The van der Waals surface area contributed by atoms with Gasteiger partial charge in [-0.05, 0) is 0 Å². The van der Waals surface area contributed by atoms with E-state index >= 15 is 0 Å². The summed E-state index contributed by atoms with van der Waals surface area (Å²) >= 11 is 0. The zero-order chi connectivity index (χ0) is 14.2. The minimum atomic E-state index is -2.95. The molecule has 0 atom stereocenters. The zero-order valence-electron chi connectivity index (χ0n) is 10.5. The van der Waals surface area contributed by atoms with Crippen molar-refractivity contribution in [2.75, 3.05) is 35.2 Å². The van der Waals surface area contributed by atoms with Crippen LogP contribution in [0.5, 0.6) is 0 Å². The smallest absolute Gasteiger partial charge is 0.241 e. The normalized spacial score (nSPS) is 18.1. The Morgan fingerprint density at radius 1 is 1.10 bits per heavy atom. The van der Waals surface area contributed by atoms with Gasteiger partial charge in [-0.3, -0.25) is 4.57 Å². The van der Waals surface area contributed by atoms with Crippen molar-refractivity contribution in [3.05, 3.63) is 18.7 Å². The van der Waals surface area contributed by atoms with Crippen LogP contribution in [0.3, 0.4) is 0 Å². The summed E-state index contributed by atoms with van der Waals surface area (Å²) in [5.74, 6) is 1.03. The highest BCUT2D eigenvalue weighted by molar-refractivity contribution is 7.91. The summed E-state index contributed by atoms with van der Waals surface area (Å²) in [6.07, 6.45) is 4.85. The van der Waals surface area contributed by atoms with Gasteiger partial charge in [-0.1, -0.05) is 0 Å². The maximum atomic E-state index is 11.4. The fourth-order valence-corrected chi connectivity index (χ4v) is 3.12. The van der Waals surface area contributed by atoms with Crippen molar-refractivity contribution in [2.45, 2.75) is 0 Å². The van der Waals surface area contributed by atoms with Crippen LogP contribution in [-0.2, 0) is 9.84 Å². The number of anilines is 2. The topological polar surface area (TPSA) is 120 Å². The molecule has 1 saturated heterocycles. The summed E-state index contributed by atoms with van der Waals surface area (Å²) in [7, 11) is -2.95. The molecule has 2 aromatic rings. The number of sulfone groups is 1. The molecule has 3 rings (SSSR count). The molecule has 9 nitrogen and oxygen atoms in total. The Morgan fingerprint density at radius 3 is 2.45 bits per heavy atom. The van der Waals surface area contributed by atoms with Crippen LogP contribution in [0.4, 0.5) is 11.9 Å². The van der Waals surface area contributed by atoms with E-state index in [0.29, 0.717) is 25.0 Å². The highest BCUT2D eigenvalue weighted by atomic mass is 32.2. The SMILES string of the molecule is Nc1nc(N2CCS(=O)(=O)CC2)nc(-n2ccnc2)n1. The van der Waals surface area contributed by atoms with Crippen molar-refractivity contribution >= 4 is 21.7 Å². The Bertz CT molecular complexity index is 699. The van der Waals surface area contributed by atoms with Gasteiger partial charge in [0.25, 0.3) is 0 Å². The lowest BCUT2D eigenvalue weighted by Crippen LogP contribution is -2.41. The third-order valence-electron chi connectivity index (χ3n) is 2.99. The fourth-order valence-electron chi connectivity index (χ4n) is 1.92. The van der Waals surface area contributed by atoms with Crippen LogP contribution >= 0.6 is 0 Å². The first kappa shape index (κ1) is 12.8. The molecule has 1 fully saturated rings. The molecule has 1 aliphatic heterocycles. The summed E-state index contributed by atoms with van der Waals surface area (Å²) < 4.78 is 24.5. The van der Waals surface area contributed by atoms with Gasteiger partial charge in [-0.25, -0.2) is 13.4 Å². The van der Waals surface area contributed by atoms with E-state index in [1.165, 1.54) is 0 Å². The van der Waals surface area contributed by atoms with Gasteiger partial charge in [-0.15, -0.1) is 0 Å². The summed E-state index contributed by atoms with van der Waals surface area (Å²) in [4.78, 5) is 18.1. The average molecular weight is 295 g/mol. The van der Waals surface area contributed by atoms with Crippen LogP contribution in [-0.4, -0.2) is 57.5 Å². The van der Waals surface area contributed by atoms with E-state index in [0.717, 1.165) is 0 Å². The van der Waals surface area contributed by atoms with Gasteiger partial charge in [0.05, 0.1) is 11.5 Å². The van der Waals surface area contributed by atoms with Crippen molar-refractivity contribution < 1.29 is 8.42 Å². The van der Waals surface area contributed by atoms with Gasteiger partial charge in [0.2, 0.25) is 17.8 Å². The molecule has 1 aliphatic rings. The number of imidazole rings is 1. The molecule has 0 radical (unpaired) electrons. The van der Waals surface area contributed by atoms with Crippen molar-refractivity contribution in [3.63, 3.8) is 0 Å². The molecule has 2 aromatic heterocycles. The predicted octanol–water partition coefficient (Wildman–Crippen LogP) is -1.13. The van der Waals surface area contributed by atoms with E-state index in [1.807, 2.05) is 0 Å². The molecule has 0 bridgehead atoms. The fraction of sp³-hybridized carbons (Fsp3) is 0.400. The van der Waals surface area contributed by atoms with Gasteiger partial charge < -0.3 is 10.6 Å². The molecule has 3 heterocycles. The van der Waals surface area contributed by atoms with E-state index in [4.69, 9.17) is 5.73 Å². The van der Waals surface area contributed by atoms with Gasteiger partial charge in [0.15, 0.2) is 9.84 Å². The highest BCUT2D eigenvalue weighted by Gasteiger charge is 2.24. The van der Waals surface area contributed by atoms with E-state index in [2.05, 4.69) is 19.9 Å². The Hall–Kier alpha value is -2.23. The lowest BCUT2D eigenvalue weighted by Gasteiger charge is -2.26. The molecular formula is C10H13N7O2S. The van der Waals surface area contributed by atoms with Gasteiger partial charge >= 0.3 is 0 Å². The summed E-state index contributed by atoms with van der Waals surface area (Å²) in [6.45, 7) is 0.713. The Morgan fingerprint density at radius 2 is 1.80 bits per heavy atom. The first-order valence-corrected chi connectivity index (χ1v) is 7.81. The standard InChI is InChI=1S/C10H13N7O2S/c11-8-13-9(16-3-5-20(18,19)6-4-16)15-10(14-8)17-2-1-12-7-17/h1-2,7H,3-6H2,(H2,11,13,14,15). The van der Waals surface area contributed by atoms with Crippen molar-refractivity contribution in [1.29, 1.82) is 0 Å². The van der Waals surface area contributed by atoms with Gasteiger partial charge in [-0.2, -0.15) is 15.0 Å². The molecule has 0 amide bonds. The summed E-state index contributed by atoms with van der Waals surface area (Å²) in [5, 5.41) is 0. The van der Waals surface area contributed by atoms with Crippen LogP contribution < -0.4 is 10.6 Å². The predicted molar refractivity (Wildman–Crippen MR) is 72.2 cm³/mol. The number of nitrogen functional groups attached to an aromatic ring is 1. The van der Waals surface area contributed by atoms with E-state index in [1.54, 1.807) is 28.2 Å². The van der Waals surface area contributed by atoms with Crippen LogP contribution in [0, 0.1) is 0 Å². The minimum Gasteiger partial charge on any atom is -0.368 e. The van der Waals surface area contributed by atoms with Crippen LogP contribution in [0.15, 0.2) is 18.7 Å².